The minimum atomic E-state index is -4.08. The first kappa shape index (κ1) is 49.8. The Bertz CT molecular complexity index is 741. The Hall–Kier alpha value is -0.166. The Morgan fingerprint density at radius 1 is 0.560 bits per heavy atom. The van der Waals surface area contributed by atoms with Crippen LogP contribution in [-0.4, -0.2) is 170 Å². The molecule has 0 spiro atoms. The number of hydrogen-bond donors (Lipinski definition) is 11. The number of ether oxygens (including phenoxy) is 3. The van der Waals surface area contributed by atoms with Crippen LogP contribution in [0.5, 0.6) is 0 Å². The van der Waals surface area contributed by atoms with Gasteiger partial charge in [-0.05, 0) is 77.0 Å². The van der Waals surface area contributed by atoms with E-state index in [1.54, 1.807) is 0 Å². The zero-order valence-corrected chi connectivity index (χ0v) is 33.1. The zero-order valence-electron chi connectivity index (χ0n) is 31.1. The van der Waals surface area contributed by atoms with Crippen LogP contribution in [0.1, 0.15) is 90.9 Å². The lowest BCUT2D eigenvalue weighted by atomic mass is 10.0. The third-order valence-electron chi connectivity index (χ3n) is 8.28. The van der Waals surface area contributed by atoms with Crippen molar-refractivity contribution in [2.24, 2.45) is 5.92 Å². The number of rotatable bonds is 38. The van der Waals surface area contributed by atoms with Crippen molar-refractivity contribution in [3.63, 3.8) is 0 Å². The molecular weight excluding hydrogens is 687 g/mol. The van der Waals surface area contributed by atoms with Crippen LogP contribution in [-0.2, 0) is 14.2 Å². The van der Waals surface area contributed by atoms with Gasteiger partial charge in [-0.2, -0.15) is 0 Å². The van der Waals surface area contributed by atoms with Gasteiger partial charge < -0.3 is 68.9 Å². The predicted molar refractivity (Wildman–Crippen MR) is 197 cm³/mol. The van der Waals surface area contributed by atoms with Crippen molar-refractivity contribution in [1.82, 2.24) is 15.5 Å². The molecule has 0 aromatic rings. The molecule has 0 radical (unpaired) electrons. The molecule has 0 aliphatic heterocycles. The van der Waals surface area contributed by atoms with Gasteiger partial charge >= 0.3 is 17.6 Å². The molecule has 0 saturated heterocycles. The molecular formula is C33H75N3O12Si2. The van der Waals surface area contributed by atoms with Gasteiger partial charge in [0.2, 0.25) is 0 Å². The van der Waals surface area contributed by atoms with E-state index in [1.165, 1.54) is 6.42 Å². The molecule has 15 nitrogen and oxygen atoms in total. The Morgan fingerprint density at radius 2 is 1.06 bits per heavy atom. The summed E-state index contributed by atoms with van der Waals surface area (Å²) in [5.74, 6) is 0.501. The van der Waals surface area contributed by atoms with Crippen molar-refractivity contribution in [1.29, 1.82) is 0 Å². The normalized spacial score (nSPS) is 15.1. The summed E-state index contributed by atoms with van der Waals surface area (Å²) in [5.41, 5.74) is 0. The van der Waals surface area contributed by atoms with Crippen LogP contribution < -0.4 is 10.6 Å². The molecule has 17 heteroatoms. The van der Waals surface area contributed by atoms with Crippen LogP contribution in [0.4, 0.5) is 0 Å². The predicted octanol–water partition coefficient (Wildman–Crippen LogP) is -0.231. The molecule has 4 unspecified atom stereocenters. The quantitative estimate of drug-likeness (QED) is 0.0288. The second-order valence-electron chi connectivity index (χ2n) is 13.7. The Balaban J connectivity index is 4.17. The zero-order chi connectivity index (χ0) is 37.5. The highest BCUT2D eigenvalue weighted by Gasteiger charge is 2.26. The van der Waals surface area contributed by atoms with Gasteiger partial charge in [0, 0.05) is 51.5 Å². The second-order valence-corrected chi connectivity index (χ2v) is 17.8. The SMILES string of the molecule is CCCCC(CC)COCC(O)CN(CCCCCNCCCCCNCC(O)COCCC[Si](O)(O)O)CC(O)COCCC[Si](O)(O)O. The van der Waals surface area contributed by atoms with Crippen LogP contribution in [0.25, 0.3) is 0 Å². The molecule has 0 aromatic carbocycles. The highest BCUT2D eigenvalue weighted by Crippen LogP contribution is 2.13. The van der Waals surface area contributed by atoms with Crippen LogP contribution >= 0.6 is 0 Å². The molecule has 4 atom stereocenters. The van der Waals surface area contributed by atoms with Crippen LogP contribution in [0.15, 0.2) is 0 Å². The fraction of sp³-hybridized carbons (Fsp3) is 1.00. The number of hydrogen-bond acceptors (Lipinski definition) is 15. The van der Waals surface area contributed by atoms with E-state index in [2.05, 4.69) is 29.4 Å². The standard InChI is InChI=1S/C33H75N3O12Si2/c1-3-5-14-30(4-2)26-48-29-33(39)25-36(24-32(38)28-47-20-13-22-50(43,44)45)18-11-7-10-16-34-15-8-6-9-17-35-23-31(37)27-46-19-12-21-49(40,41)42/h30-35,37-45H,3-29H2,1-2H3. The molecule has 50 heavy (non-hydrogen) atoms. The van der Waals surface area contributed by atoms with E-state index in [4.69, 9.17) is 43.0 Å². The van der Waals surface area contributed by atoms with E-state index in [1.807, 2.05) is 0 Å². The van der Waals surface area contributed by atoms with Crippen LogP contribution in [0.3, 0.4) is 0 Å². The van der Waals surface area contributed by atoms with E-state index >= 15 is 0 Å². The third-order valence-corrected chi connectivity index (χ3v) is 10.3. The fourth-order valence-corrected chi connectivity index (χ4v) is 6.62. The summed E-state index contributed by atoms with van der Waals surface area (Å²) >= 11 is 0. The van der Waals surface area contributed by atoms with Crippen LogP contribution in [0.2, 0.25) is 12.1 Å². The first-order valence-electron chi connectivity index (χ1n) is 19.0. The van der Waals surface area contributed by atoms with Crippen molar-refractivity contribution in [2.75, 3.05) is 85.5 Å². The van der Waals surface area contributed by atoms with Gasteiger partial charge in [0.25, 0.3) is 0 Å². The second kappa shape index (κ2) is 32.3. The molecule has 0 heterocycles. The molecule has 0 fully saturated rings. The van der Waals surface area contributed by atoms with E-state index in [9.17, 15) is 15.3 Å². The average Bonchev–Trinajstić information content (AvgIpc) is 3.03. The summed E-state index contributed by atoms with van der Waals surface area (Å²) in [7, 11) is -8.09. The van der Waals surface area contributed by atoms with E-state index in [0.29, 0.717) is 45.0 Å². The van der Waals surface area contributed by atoms with Gasteiger partial charge in [0.1, 0.15) is 0 Å². The van der Waals surface area contributed by atoms with Crippen molar-refractivity contribution in [2.45, 2.75) is 121 Å². The Kier molecular flexibility index (Phi) is 32.2. The van der Waals surface area contributed by atoms with E-state index in [-0.39, 0.29) is 45.1 Å². The fourth-order valence-electron chi connectivity index (χ4n) is 5.38. The summed E-state index contributed by atoms with van der Waals surface area (Å²) in [5, 5.41) is 37.9. The van der Waals surface area contributed by atoms with Gasteiger partial charge in [-0.25, -0.2) is 0 Å². The van der Waals surface area contributed by atoms with Crippen molar-refractivity contribution >= 4 is 17.6 Å². The Morgan fingerprint density at radius 3 is 1.58 bits per heavy atom. The van der Waals surface area contributed by atoms with E-state index in [0.717, 1.165) is 84.0 Å². The van der Waals surface area contributed by atoms with E-state index < -0.39 is 35.9 Å². The van der Waals surface area contributed by atoms with Gasteiger partial charge in [0.15, 0.2) is 0 Å². The molecule has 0 rings (SSSR count). The number of nitrogens with one attached hydrogen (secondary N) is 2. The molecule has 0 aromatic heterocycles. The molecule has 0 amide bonds. The lowest BCUT2D eigenvalue weighted by Crippen LogP contribution is -2.41. The average molecular weight is 762 g/mol. The number of unbranched alkanes of at least 4 members (excludes halogenated alkanes) is 5. The lowest BCUT2D eigenvalue weighted by molar-refractivity contribution is -0.0164. The minimum absolute atomic E-state index is 0.0720. The summed E-state index contributed by atoms with van der Waals surface area (Å²) in [6.07, 6.45) is 9.18. The monoisotopic (exact) mass is 761 g/mol. The topological polar surface area (TPSA) is 237 Å². The number of aliphatic hydroxyl groups excluding tert-OH is 3. The molecule has 0 bridgehead atoms. The third kappa shape index (κ3) is 36.2. The molecule has 0 saturated carbocycles. The van der Waals surface area contributed by atoms with Crippen molar-refractivity contribution in [3.8, 4) is 0 Å². The highest BCUT2D eigenvalue weighted by molar-refractivity contribution is 6.56. The summed E-state index contributed by atoms with van der Waals surface area (Å²) in [6, 6.07) is -0.177. The minimum Gasteiger partial charge on any atom is -0.390 e. The van der Waals surface area contributed by atoms with Crippen molar-refractivity contribution in [3.05, 3.63) is 0 Å². The number of aliphatic hydroxyl groups is 3. The number of nitrogens with zero attached hydrogens (tertiary/aromatic N) is 1. The molecule has 0 aliphatic rings. The maximum Gasteiger partial charge on any atom is 0.492 e. The first-order chi connectivity index (χ1) is 23.8. The first-order valence-corrected chi connectivity index (χ1v) is 23.1. The van der Waals surface area contributed by atoms with Gasteiger partial charge in [-0.3, -0.25) is 4.90 Å². The summed E-state index contributed by atoms with van der Waals surface area (Å²) in [4.78, 5) is 56.3. The lowest BCUT2D eigenvalue weighted by Gasteiger charge is -2.27. The smallest absolute Gasteiger partial charge is 0.390 e. The summed E-state index contributed by atoms with van der Waals surface area (Å²) < 4.78 is 16.6. The van der Waals surface area contributed by atoms with Gasteiger partial charge in [0.05, 0.1) is 38.1 Å². The largest absolute Gasteiger partial charge is 0.492 e. The maximum atomic E-state index is 10.7. The summed E-state index contributed by atoms with van der Waals surface area (Å²) in [6.45, 7) is 10.5. The molecule has 302 valence electrons. The molecule has 0 aliphatic carbocycles. The Labute approximate surface area is 303 Å². The molecule has 11 N–H and O–H groups in total. The highest BCUT2D eigenvalue weighted by atomic mass is 28.4. The van der Waals surface area contributed by atoms with Crippen molar-refractivity contribution < 1.29 is 58.3 Å². The maximum absolute atomic E-state index is 10.7. The van der Waals surface area contributed by atoms with Gasteiger partial charge in [-0.1, -0.05) is 46.0 Å². The van der Waals surface area contributed by atoms with Crippen LogP contribution in [0, 0.1) is 5.92 Å². The van der Waals surface area contributed by atoms with Gasteiger partial charge in [-0.15, -0.1) is 0 Å².